The second-order valence-corrected chi connectivity index (χ2v) is 12.8. The highest BCUT2D eigenvalue weighted by atomic mass is 32.2. The first-order valence-corrected chi connectivity index (χ1v) is 14.5. The number of carbonyl (C=O) groups excluding carboxylic acids is 1. The molecular weight excluding hydrogens is 494 g/mol. The molecule has 200 valence electrons. The highest BCUT2D eigenvalue weighted by Crippen LogP contribution is 2.66. The summed E-state index contributed by atoms with van der Waals surface area (Å²) in [6, 6.07) is -1.30. The van der Waals surface area contributed by atoms with Gasteiger partial charge in [0.25, 0.3) is 0 Å². The van der Waals surface area contributed by atoms with E-state index in [0.29, 0.717) is 30.5 Å². The van der Waals surface area contributed by atoms with E-state index in [0.717, 1.165) is 25.5 Å². The summed E-state index contributed by atoms with van der Waals surface area (Å²) in [5.41, 5.74) is -0.150. The first-order valence-electron chi connectivity index (χ1n) is 12.7. The van der Waals surface area contributed by atoms with Crippen molar-refractivity contribution in [3.63, 3.8) is 0 Å². The molecule has 9 atom stereocenters. The Hall–Kier alpha value is -1.92. The van der Waals surface area contributed by atoms with Gasteiger partial charge >= 0.3 is 6.09 Å². The molecule has 1 unspecified atom stereocenters. The third-order valence-corrected chi connectivity index (χ3v) is 9.36. The molecule has 1 aliphatic heterocycles. The molecule has 4 aliphatic rings. The van der Waals surface area contributed by atoms with Gasteiger partial charge < -0.3 is 9.47 Å². The van der Waals surface area contributed by atoms with Gasteiger partial charge in [-0.1, -0.05) is 6.92 Å². The van der Waals surface area contributed by atoms with Gasteiger partial charge in [0.05, 0.1) is 44.0 Å². The molecule has 1 aromatic rings. The van der Waals surface area contributed by atoms with Crippen molar-refractivity contribution in [3.8, 4) is 0 Å². The van der Waals surface area contributed by atoms with E-state index in [9.17, 15) is 22.0 Å². The van der Waals surface area contributed by atoms with Gasteiger partial charge in [-0.15, -0.1) is 0 Å². The van der Waals surface area contributed by atoms with Crippen LogP contribution in [0.4, 0.5) is 13.6 Å². The highest BCUT2D eigenvalue weighted by Gasteiger charge is 2.66. The average molecular weight is 529 g/mol. The zero-order valence-corrected chi connectivity index (χ0v) is 21.6. The largest absolute Gasteiger partial charge is 0.449 e. The lowest BCUT2D eigenvalue weighted by atomic mass is 9.85. The minimum absolute atomic E-state index is 0.0245. The maximum absolute atomic E-state index is 13.3. The minimum Gasteiger partial charge on any atom is -0.449 e. The van der Waals surface area contributed by atoms with E-state index < -0.39 is 40.2 Å². The van der Waals surface area contributed by atoms with Crippen molar-refractivity contribution in [2.45, 2.75) is 81.8 Å². The number of sulfonamides is 1. The maximum Gasteiger partial charge on any atom is 0.410 e. The topological polar surface area (TPSA) is 111 Å². The Morgan fingerprint density at radius 3 is 2.53 bits per heavy atom. The number of hydrogen-bond donors (Lipinski definition) is 1. The predicted octanol–water partition coefficient (Wildman–Crippen LogP) is 2.56. The van der Waals surface area contributed by atoms with Gasteiger partial charge in [0, 0.05) is 23.4 Å². The number of nitrogens with one attached hydrogen (secondary N) is 1. The lowest BCUT2D eigenvalue weighted by Crippen LogP contribution is -2.50. The van der Waals surface area contributed by atoms with Gasteiger partial charge in [-0.05, 0) is 50.9 Å². The van der Waals surface area contributed by atoms with Gasteiger partial charge in [0.15, 0.2) is 5.82 Å². The van der Waals surface area contributed by atoms with Gasteiger partial charge in [0.2, 0.25) is 10.0 Å². The average Bonchev–Trinajstić information content (AvgIpc) is 3.64. The minimum atomic E-state index is -3.50. The van der Waals surface area contributed by atoms with Crippen LogP contribution in [0.2, 0.25) is 0 Å². The third kappa shape index (κ3) is 4.96. The molecule has 0 radical (unpaired) electrons. The van der Waals surface area contributed by atoms with Gasteiger partial charge in [0.1, 0.15) is 12.0 Å². The van der Waals surface area contributed by atoms with E-state index in [-0.39, 0.29) is 36.7 Å². The Labute approximate surface area is 210 Å². The van der Waals surface area contributed by atoms with Crippen molar-refractivity contribution in [1.82, 2.24) is 19.6 Å². The quantitative estimate of drug-likeness (QED) is 0.552. The first kappa shape index (κ1) is 25.7. The predicted molar refractivity (Wildman–Crippen MR) is 126 cm³/mol. The lowest BCUT2D eigenvalue weighted by Gasteiger charge is -2.33. The molecule has 3 aliphatic carbocycles. The van der Waals surface area contributed by atoms with Crippen molar-refractivity contribution in [2.24, 2.45) is 17.8 Å². The molecule has 1 aromatic heterocycles. The lowest BCUT2D eigenvalue weighted by molar-refractivity contribution is -0.0125. The fourth-order valence-electron chi connectivity index (χ4n) is 6.48. The molecule has 12 heteroatoms. The summed E-state index contributed by atoms with van der Waals surface area (Å²) in [6.45, 7) is 4.19. The number of nitrogens with zero attached hydrogens (tertiary/aromatic N) is 3. The molecule has 36 heavy (non-hydrogen) atoms. The maximum atomic E-state index is 13.3. The van der Waals surface area contributed by atoms with E-state index in [1.807, 2.05) is 6.92 Å². The number of aromatic nitrogens is 2. The van der Waals surface area contributed by atoms with E-state index in [1.54, 1.807) is 0 Å². The van der Waals surface area contributed by atoms with Crippen LogP contribution in [0.25, 0.3) is 0 Å². The molecule has 5 rings (SSSR count). The molecule has 1 saturated heterocycles. The molecule has 3 saturated carbocycles. The van der Waals surface area contributed by atoms with E-state index in [4.69, 9.17) is 9.47 Å². The highest BCUT2D eigenvalue weighted by molar-refractivity contribution is 7.88. The summed E-state index contributed by atoms with van der Waals surface area (Å²) >= 11 is 0. The summed E-state index contributed by atoms with van der Waals surface area (Å²) in [5.74, 6) is 0.657. The zero-order chi connectivity index (χ0) is 25.8. The van der Waals surface area contributed by atoms with Crippen LogP contribution in [-0.4, -0.2) is 79.2 Å². The van der Waals surface area contributed by atoms with Crippen LogP contribution in [-0.2, 0) is 24.9 Å². The second-order valence-electron chi connectivity index (χ2n) is 11.0. The number of likely N-dealkylation sites (tertiary alicyclic amines) is 1. The number of halogens is 2. The molecule has 0 aromatic carbocycles. The molecule has 0 bridgehead atoms. The molecule has 1 N–H and O–H groups in total. The summed E-state index contributed by atoms with van der Waals surface area (Å²) < 4.78 is 64.8. The summed E-state index contributed by atoms with van der Waals surface area (Å²) in [5, 5.41) is 0. The van der Waals surface area contributed by atoms with Crippen molar-refractivity contribution in [2.75, 3.05) is 19.5 Å². The summed E-state index contributed by atoms with van der Waals surface area (Å²) in [4.78, 5) is 22.9. The Morgan fingerprint density at radius 1 is 1.22 bits per heavy atom. The Kier molecular flexibility index (Phi) is 6.74. The number of amides is 1. The third-order valence-electron chi connectivity index (χ3n) is 8.63. The fourth-order valence-corrected chi connectivity index (χ4v) is 7.29. The number of carbonyl (C=O) groups is 1. The summed E-state index contributed by atoms with van der Waals surface area (Å²) in [7, 11) is -3.50. The van der Waals surface area contributed by atoms with Crippen LogP contribution < -0.4 is 4.72 Å². The molecule has 2 heterocycles. The molecular formula is C24H34F2N4O5S. The number of alkyl halides is 1. The molecule has 1 amide bonds. The summed E-state index contributed by atoms with van der Waals surface area (Å²) in [6.07, 6.45) is 5.18. The van der Waals surface area contributed by atoms with Crippen molar-refractivity contribution in [1.29, 1.82) is 0 Å². The van der Waals surface area contributed by atoms with Crippen LogP contribution in [0.3, 0.4) is 0 Å². The van der Waals surface area contributed by atoms with Crippen LogP contribution in [0.1, 0.15) is 51.8 Å². The van der Waals surface area contributed by atoms with E-state index >= 15 is 0 Å². The Balaban J connectivity index is 1.23. The normalized spacial score (nSPS) is 39.5. The number of hydrogen-bond acceptors (Lipinski definition) is 7. The number of fused-ring (bicyclic) bond motifs is 1. The van der Waals surface area contributed by atoms with Crippen LogP contribution in [0, 0.1) is 23.6 Å². The van der Waals surface area contributed by atoms with E-state index in [2.05, 4.69) is 21.6 Å². The standard InChI is InChI=1S/C24H34F2N4O5S/c1-13-6-20(29-36(3,32)33)21(30(13)23(31)35-11-15-7-19(15)26)12-34-17-4-5-24(14(2)18(24)8-17)22-27-9-16(25)10-28-22/h9-10,13-15,17-21,29H,4-8,11-12H2,1-3H3/t13-,14+,15-,17+,18?,19-,20+,21+,24-/m1/s1. The molecule has 4 fully saturated rings. The van der Waals surface area contributed by atoms with Crippen molar-refractivity contribution < 1.29 is 31.5 Å². The van der Waals surface area contributed by atoms with Crippen molar-refractivity contribution in [3.05, 3.63) is 24.0 Å². The molecule has 0 spiro atoms. The van der Waals surface area contributed by atoms with Crippen molar-refractivity contribution >= 4 is 16.1 Å². The SMILES string of the molecule is C[C@@H]1C[C@H](NS(C)(=O)=O)[C@H](CO[C@H]2CC[C@]3(c4ncc(F)cn4)C(C2)[C@@H]3C)N1C(=O)OC[C@H]1C[C@H]1F. The van der Waals surface area contributed by atoms with Gasteiger partial charge in [-0.25, -0.2) is 36.7 Å². The van der Waals surface area contributed by atoms with E-state index in [1.165, 1.54) is 17.3 Å². The fraction of sp³-hybridized carbons (Fsp3) is 0.792. The first-order chi connectivity index (χ1) is 17.0. The second kappa shape index (κ2) is 9.43. The smallest absolute Gasteiger partial charge is 0.410 e. The Bertz CT molecular complexity index is 1090. The monoisotopic (exact) mass is 528 g/mol. The van der Waals surface area contributed by atoms with Gasteiger partial charge in [-0.2, -0.15) is 0 Å². The van der Waals surface area contributed by atoms with Crippen LogP contribution in [0.15, 0.2) is 12.4 Å². The number of rotatable bonds is 8. The number of ether oxygens (including phenoxy) is 2. The Morgan fingerprint density at radius 2 is 1.92 bits per heavy atom. The molecule has 9 nitrogen and oxygen atoms in total. The van der Waals surface area contributed by atoms with Crippen LogP contribution >= 0.6 is 0 Å². The van der Waals surface area contributed by atoms with Crippen LogP contribution in [0.5, 0.6) is 0 Å². The van der Waals surface area contributed by atoms with Gasteiger partial charge in [-0.3, -0.25) is 4.90 Å². The zero-order valence-electron chi connectivity index (χ0n) is 20.8.